The zero-order valence-electron chi connectivity index (χ0n) is 29.3. The van der Waals surface area contributed by atoms with E-state index in [-0.39, 0.29) is 40.2 Å². The number of carboxylic acids is 1. The fourth-order valence-electron chi connectivity index (χ4n) is 5.70. The van der Waals surface area contributed by atoms with Crippen LogP contribution in [0.4, 0.5) is 16.2 Å². The number of rotatable bonds is 15. The third-order valence-electron chi connectivity index (χ3n) is 8.83. The number of halogens is 2. The molecule has 6 N–H and O–H groups in total. The van der Waals surface area contributed by atoms with Crippen LogP contribution in [-0.4, -0.2) is 78.8 Å². The number of carboxylic acid groups (broad SMARTS) is 1. The molecule has 1 unspecified atom stereocenters. The maximum Gasteiger partial charge on any atom is 0.328 e. The normalized spacial score (nSPS) is 16.1. The number of hydrogen-bond acceptors (Lipinski definition) is 7. The van der Waals surface area contributed by atoms with E-state index in [0.29, 0.717) is 29.8 Å². The third kappa shape index (κ3) is 11.2. The van der Waals surface area contributed by atoms with Gasteiger partial charge >= 0.3 is 12.0 Å². The molecule has 1 saturated heterocycles. The summed E-state index contributed by atoms with van der Waals surface area (Å²) in [6.45, 7) is 4.95. The van der Waals surface area contributed by atoms with Crippen LogP contribution >= 0.6 is 23.2 Å². The van der Waals surface area contributed by atoms with E-state index in [1.807, 2.05) is 32.0 Å². The van der Waals surface area contributed by atoms with E-state index in [1.54, 1.807) is 37.3 Å². The Hall–Kier alpha value is -4.70. The minimum Gasteiger partial charge on any atom is -0.480 e. The molecular weight excluding hydrogens is 747 g/mol. The summed E-state index contributed by atoms with van der Waals surface area (Å²) in [5.74, 6) is -3.76. The van der Waals surface area contributed by atoms with Gasteiger partial charge < -0.3 is 31.7 Å². The van der Waals surface area contributed by atoms with Gasteiger partial charge in [-0.15, -0.1) is 0 Å². The van der Waals surface area contributed by atoms with Crippen molar-refractivity contribution in [2.24, 2.45) is 5.92 Å². The highest BCUT2D eigenvalue weighted by Gasteiger charge is 2.41. The lowest BCUT2D eigenvalue weighted by atomic mass is 9.97. The van der Waals surface area contributed by atoms with Gasteiger partial charge in [0.05, 0.1) is 11.3 Å². The van der Waals surface area contributed by atoms with E-state index < -0.39 is 64.4 Å². The molecule has 1 heterocycles. The van der Waals surface area contributed by atoms with Gasteiger partial charge in [0.15, 0.2) is 0 Å². The molecule has 17 heteroatoms. The molecular formula is C36H42Cl2N6O8S. The number of para-hydroxylation sites is 1. The molecule has 3 aromatic carbocycles. The summed E-state index contributed by atoms with van der Waals surface area (Å²) in [7, 11) is -4.21. The molecule has 0 bridgehead atoms. The molecule has 0 aliphatic carbocycles. The van der Waals surface area contributed by atoms with E-state index >= 15 is 0 Å². The number of aryl methyl sites for hydroxylation is 1. The molecule has 0 radical (unpaired) electrons. The average molecular weight is 790 g/mol. The summed E-state index contributed by atoms with van der Waals surface area (Å²) in [5.41, 5.74) is 2.70. The Morgan fingerprint density at radius 3 is 2.23 bits per heavy atom. The Labute approximate surface area is 318 Å². The number of nitrogens with one attached hydrogen (secondary N) is 5. The number of anilines is 2. The van der Waals surface area contributed by atoms with E-state index in [0.717, 1.165) is 9.87 Å². The summed E-state index contributed by atoms with van der Waals surface area (Å²) in [5, 5.41) is 23.1. The van der Waals surface area contributed by atoms with Crippen molar-refractivity contribution in [2.45, 2.75) is 69.5 Å². The molecule has 1 aliphatic heterocycles. The minimum atomic E-state index is -4.21. The van der Waals surface area contributed by atoms with E-state index in [9.17, 15) is 37.5 Å². The lowest BCUT2D eigenvalue weighted by Gasteiger charge is -2.26. The molecule has 1 aliphatic rings. The molecule has 3 aromatic rings. The van der Waals surface area contributed by atoms with Crippen LogP contribution in [0.5, 0.6) is 0 Å². The largest absolute Gasteiger partial charge is 0.480 e. The first kappa shape index (κ1) is 41.1. The molecule has 53 heavy (non-hydrogen) atoms. The number of sulfonamides is 1. The predicted molar refractivity (Wildman–Crippen MR) is 201 cm³/mol. The van der Waals surface area contributed by atoms with Crippen LogP contribution in [0.2, 0.25) is 10.0 Å². The number of urea groups is 1. The highest BCUT2D eigenvalue weighted by Crippen LogP contribution is 2.30. The molecule has 284 valence electrons. The van der Waals surface area contributed by atoms with E-state index in [2.05, 4.69) is 26.6 Å². The number of benzene rings is 3. The summed E-state index contributed by atoms with van der Waals surface area (Å²) < 4.78 is 27.7. The number of carbonyl (C=O) groups excluding carboxylic acids is 4. The SMILES string of the molecule is CCC(C)[C@H](NC(=O)Cc1ccc(NC(=O)Nc2ccccc2C)cc1)C(=O)NC[C@H](NC(=O)[C@@H]1CCCN1S(=O)(=O)c1cc(Cl)cc(Cl)c1)C(=O)O. The Morgan fingerprint density at radius 2 is 1.60 bits per heavy atom. The van der Waals surface area contributed by atoms with E-state index in [4.69, 9.17) is 23.2 Å². The summed E-state index contributed by atoms with van der Waals surface area (Å²) in [6, 6.07) is 13.5. The van der Waals surface area contributed by atoms with Crippen LogP contribution in [0, 0.1) is 12.8 Å². The number of carbonyl (C=O) groups is 5. The zero-order valence-corrected chi connectivity index (χ0v) is 31.6. The van der Waals surface area contributed by atoms with Crippen molar-refractivity contribution in [1.29, 1.82) is 0 Å². The molecule has 5 amide bonds. The quantitative estimate of drug-likeness (QED) is 0.129. The molecule has 4 atom stereocenters. The Kier molecular flexibility index (Phi) is 14.2. The molecule has 4 rings (SSSR count). The van der Waals surface area contributed by atoms with Crippen molar-refractivity contribution < 1.29 is 37.5 Å². The van der Waals surface area contributed by atoms with Gasteiger partial charge in [-0.2, -0.15) is 4.31 Å². The third-order valence-corrected chi connectivity index (χ3v) is 11.1. The molecule has 0 saturated carbocycles. The standard InChI is InChI=1S/C36H42Cl2N6O8S/c1-4-21(2)32(43-31(45)16-23-11-13-26(14-12-23)40-36(50)42-28-9-6-5-8-22(28)3)34(47)39-20-29(35(48)49)41-33(46)30-10-7-15-44(30)53(51,52)27-18-24(37)17-25(38)19-27/h5-6,8-9,11-14,17-19,21,29-30,32H,4,7,10,15-16,20H2,1-3H3,(H,39,47)(H,41,46)(H,43,45)(H,48,49)(H2,40,42,50)/t21?,29-,30-,32-/m0/s1. The highest BCUT2D eigenvalue weighted by atomic mass is 35.5. The van der Waals surface area contributed by atoms with Crippen LogP contribution in [0.15, 0.2) is 71.6 Å². The van der Waals surface area contributed by atoms with Crippen LogP contribution < -0.4 is 26.6 Å². The van der Waals surface area contributed by atoms with Crippen molar-refractivity contribution in [3.63, 3.8) is 0 Å². The van der Waals surface area contributed by atoms with Gasteiger partial charge in [0.25, 0.3) is 0 Å². The average Bonchev–Trinajstić information content (AvgIpc) is 3.61. The lowest BCUT2D eigenvalue weighted by Crippen LogP contribution is -2.56. The zero-order chi connectivity index (χ0) is 38.9. The minimum absolute atomic E-state index is 0.0159. The predicted octanol–water partition coefficient (Wildman–Crippen LogP) is 4.56. The van der Waals surface area contributed by atoms with Crippen molar-refractivity contribution in [2.75, 3.05) is 23.7 Å². The fourth-order valence-corrected chi connectivity index (χ4v) is 8.08. The monoisotopic (exact) mass is 788 g/mol. The van der Waals surface area contributed by atoms with E-state index in [1.165, 1.54) is 18.2 Å². The topological polar surface area (TPSA) is 203 Å². The first-order chi connectivity index (χ1) is 25.1. The Bertz CT molecular complexity index is 1930. The summed E-state index contributed by atoms with van der Waals surface area (Å²) >= 11 is 12.0. The Morgan fingerprint density at radius 1 is 0.943 bits per heavy atom. The van der Waals surface area contributed by atoms with Gasteiger partial charge in [-0.3, -0.25) is 14.4 Å². The van der Waals surface area contributed by atoms with Crippen LogP contribution in [0.1, 0.15) is 44.2 Å². The molecule has 0 aromatic heterocycles. The number of nitrogens with zero attached hydrogens (tertiary/aromatic N) is 1. The number of amides is 5. The van der Waals surface area contributed by atoms with Gasteiger partial charge in [0.1, 0.15) is 18.1 Å². The first-order valence-corrected chi connectivity index (χ1v) is 19.1. The van der Waals surface area contributed by atoms with Gasteiger partial charge in [-0.25, -0.2) is 18.0 Å². The maximum atomic E-state index is 13.4. The first-order valence-electron chi connectivity index (χ1n) is 16.9. The van der Waals surface area contributed by atoms with Crippen molar-refractivity contribution in [3.8, 4) is 0 Å². The molecule has 1 fully saturated rings. The summed E-state index contributed by atoms with van der Waals surface area (Å²) in [6.07, 6.45) is 0.921. The fraction of sp³-hybridized carbons (Fsp3) is 0.361. The van der Waals surface area contributed by atoms with Crippen molar-refractivity contribution in [1.82, 2.24) is 20.3 Å². The molecule has 0 spiro atoms. The second-order valence-corrected chi connectivity index (χ2v) is 15.5. The van der Waals surface area contributed by atoms with Gasteiger partial charge in [0, 0.05) is 34.5 Å². The highest BCUT2D eigenvalue weighted by molar-refractivity contribution is 7.89. The van der Waals surface area contributed by atoms with Crippen LogP contribution in [0.25, 0.3) is 0 Å². The lowest BCUT2D eigenvalue weighted by molar-refractivity contribution is -0.142. The second-order valence-electron chi connectivity index (χ2n) is 12.7. The Balaban J connectivity index is 1.33. The maximum absolute atomic E-state index is 13.4. The van der Waals surface area contributed by atoms with Gasteiger partial charge in [-0.1, -0.05) is 73.8 Å². The van der Waals surface area contributed by atoms with Gasteiger partial charge in [-0.05, 0) is 73.2 Å². The number of hydrogen-bond donors (Lipinski definition) is 6. The van der Waals surface area contributed by atoms with Crippen LogP contribution in [-0.2, 0) is 35.6 Å². The summed E-state index contributed by atoms with van der Waals surface area (Å²) in [4.78, 5) is 64.0. The van der Waals surface area contributed by atoms with Crippen molar-refractivity contribution in [3.05, 3.63) is 87.9 Å². The number of aliphatic carboxylic acids is 1. The van der Waals surface area contributed by atoms with Crippen LogP contribution in [0.3, 0.4) is 0 Å². The molecule has 14 nitrogen and oxygen atoms in total. The van der Waals surface area contributed by atoms with Crippen molar-refractivity contribution >= 4 is 74.3 Å². The van der Waals surface area contributed by atoms with Gasteiger partial charge in [0.2, 0.25) is 27.7 Å². The smallest absolute Gasteiger partial charge is 0.328 e. The second kappa shape index (κ2) is 18.4.